The van der Waals surface area contributed by atoms with Crippen LogP contribution in [0.25, 0.3) is 0 Å². The monoisotopic (exact) mass is 463 g/mol. The predicted octanol–water partition coefficient (Wildman–Crippen LogP) is 3.67. The number of rotatable bonds is 11. The average Bonchev–Trinajstić information content (AvgIpc) is 2.59. The molecule has 25 heavy (non-hydrogen) atoms. The Labute approximate surface area is 170 Å². The lowest BCUT2D eigenvalue weighted by molar-refractivity contribution is 0.0487. The summed E-state index contributed by atoms with van der Waals surface area (Å²) in [4.78, 5) is 4.27. The third kappa shape index (κ3) is 10.7. The van der Waals surface area contributed by atoms with Gasteiger partial charge in [0.25, 0.3) is 0 Å². The van der Waals surface area contributed by atoms with Crippen LogP contribution in [0.2, 0.25) is 0 Å². The Morgan fingerprint density at radius 2 is 1.80 bits per heavy atom. The molecule has 0 aliphatic carbocycles. The number of hydrogen-bond acceptors (Lipinski definition) is 3. The van der Waals surface area contributed by atoms with Crippen LogP contribution in [0.5, 0.6) is 0 Å². The first-order valence-corrected chi connectivity index (χ1v) is 8.87. The van der Waals surface area contributed by atoms with Crippen LogP contribution in [0.3, 0.4) is 0 Å². The minimum atomic E-state index is 0. The van der Waals surface area contributed by atoms with E-state index in [0.29, 0.717) is 19.8 Å². The fourth-order valence-electron chi connectivity index (χ4n) is 2.36. The summed E-state index contributed by atoms with van der Waals surface area (Å²) in [6.45, 7) is 9.90. The molecule has 0 fully saturated rings. The van der Waals surface area contributed by atoms with Crippen molar-refractivity contribution in [2.24, 2.45) is 4.99 Å². The lowest BCUT2D eigenvalue weighted by atomic mass is 10.0. The van der Waals surface area contributed by atoms with Gasteiger partial charge in [0.2, 0.25) is 0 Å². The van der Waals surface area contributed by atoms with E-state index in [4.69, 9.17) is 9.47 Å². The van der Waals surface area contributed by atoms with Crippen LogP contribution in [0.15, 0.2) is 29.3 Å². The van der Waals surface area contributed by atoms with Crippen LogP contribution in [-0.2, 0) is 9.47 Å². The molecule has 0 spiro atoms. The number of unbranched alkanes of at least 4 members (excludes halogenated alkanes) is 1. The first-order chi connectivity index (χ1) is 11.7. The Hall–Kier alpha value is -0.860. The molecule has 0 aliphatic rings. The van der Waals surface area contributed by atoms with E-state index in [2.05, 4.69) is 60.7 Å². The van der Waals surface area contributed by atoms with Gasteiger partial charge in [0.1, 0.15) is 0 Å². The molecule has 0 aromatic heterocycles. The van der Waals surface area contributed by atoms with E-state index in [1.54, 1.807) is 7.05 Å². The topological polar surface area (TPSA) is 54.9 Å². The highest BCUT2D eigenvalue weighted by molar-refractivity contribution is 14.0. The number of aryl methyl sites for hydroxylation is 1. The van der Waals surface area contributed by atoms with Gasteiger partial charge in [-0.1, -0.05) is 37.6 Å². The second kappa shape index (κ2) is 15.4. The van der Waals surface area contributed by atoms with Gasteiger partial charge in [-0.05, 0) is 31.4 Å². The largest absolute Gasteiger partial charge is 0.379 e. The second-order valence-electron chi connectivity index (χ2n) is 5.80. The van der Waals surface area contributed by atoms with Gasteiger partial charge >= 0.3 is 0 Å². The first-order valence-electron chi connectivity index (χ1n) is 8.87. The third-order valence-corrected chi connectivity index (χ3v) is 3.78. The number of hydrogen-bond donors (Lipinski definition) is 2. The zero-order valence-corrected chi connectivity index (χ0v) is 18.3. The molecule has 0 heterocycles. The van der Waals surface area contributed by atoms with Crippen molar-refractivity contribution >= 4 is 29.9 Å². The Morgan fingerprint density at radius 3 is 2.44 bits per heavy atom. The smallest absolute Gasteiger partial charge is 0.191 e. The number of halogens is 1. The molecule has 1 aromatic rings. The summed E-state index contributed by atoms with van der Waals surface area (Å²) in [5.41, 5.74) is 2.56. The number of ether oxygens (including phenoxy) is 2. The van der Waals surface area contributed by atoms with Gasteiger partial charge in [-0.15, -0.1) is 24.0 Å². The molecule has 1 unspecified atom stereocenters. The Morgan fingerprint density at radius 1 is 1.12 bits per heavy atom. The van der Waals surface area contributed by atoms with E-state index in [1.165, 1.54) is 11.1 Å². The Kier molecular flexibility index (Phi) is 14.9. The second-order valence-corrected chi connectivity index (χ2v) is 5.80. The van der Waals surface area contributed by atoms with Crippen molar-refractivity contribution in [1.29, 1.82) is 0 Å². The van der Waals surface area contributed by atoms with Crippen molar-refractivity contribution in [3.05, 3.63) is 35.4 Å². The standard InChI is InChI=1S/C19H33N3O2.HI/c1-5-6-12-23-14-15-24-13-11-21-19(20-4)22-17(3)18-10-8-7-9-16(18)2;/h7-10,17H,5-6,11-15H2,1-4H3,(H2,20,21,22);1H. The minimum Gasteiger partial charge on any atom is -0.379 e. The highest BCUT2D eigenvalue weighted by Crippen LogP contribution is 2.16. The van der Waals surface area contributed by atoms with Crippen molar-refractivity contribution in [2.45, 2.75) is 39.7 Å². The van der Waals surface area contributed by atoms with Crippen molar-refractivity contribution in [2.75, 3.05) is 40.0 Å². The molecule has 0 aliphatic heterocycles. The van der Waals surface area contributed by atoms with Gasteiger partial charge in [0.05, 0.1) is 25.9 Å². The molecule has 0 radical (unpaired) electrons. The van der Waals surface area contributed by atoms with Crippen molar-refractivity contribution < 1.29 is 9.47 Å². The molecule has 144 valence electrons. The van der Waals surface area contributed by atoms with E-state index in [-0.39, 0.29) is 30.0 Å². The molecule has 5 nitrogen and oxygen atoms in total. The Bertz CT molecular complexity index is 483. The molecule has 0 saturated carbocycles. The highest BCUT2D eigenvalue weighted by atomic mass is 127. The summed E-state index contributed by atoms with van der Waals surface area (Å²) in [5, 5.41) is 6.68. The van der Waals surface area contributed by atoms with Gasteiger partial charge in [-0.2, -0.15) is 0 Å². The molecule has 6 heteroatoms. The first kappa shape index (κ1) is 24.1. The maximum absolute atomic E-state index is 5.55. The van der Waals surface area contributed by atoms with Gasteiger partial charge in [-0.3, -0.25) is 4.99 Å². The minimum absolute atomic E-state index is 0. The number of aliphatic imine (C=N–C) groups is 1. The molecular weight excluding hydrogens is 429 g/mol. The van der Waals surface area contributed by atoms with Crippen LogP contribution in [0.1, 0.15) is 43.9 Å². The van der Waals surface area contributed by atoms with E-state index in [0.717, 1.165) is 32.0 Å². The van der Waals surface area contributed by atoms with Gasteiger partial charge in [-0.25, -0.2) is 0 Å². The number of nitrogens with zero attached hydrogens (tertiary/aromatic N) is 1. The lowest BCUT2D eigenvalue weighted by Gasteiger charge is -2.19. The number of guanidine groups is 1. The highest BCUT2D eigenvalue weighted by Gasteiger charge is 2.09. The van der Waals surface area contributed by atoms with Gasteiger partial charge < -0.3 is 20.1 Å². The summed E-state index contributed by atoms with van der Waals surface area (Å²) in [5.74, 6) is 0.786. The summed E-state index contributed by atoms with van der Waals surface area (Å²) >= 11 is 0. The number of benzene rings is 1. The van der Waals surface area contributed by atoms with Crippen LogP contribution in [-0.4, -0.2) is 46.0 Å². The summed E-state index contributed by atoms with van der Waals surface area (Å²) in [6.07, 6.45) is 2.28. The predicted molar refractivity (Wildman–Crippen MR) is 116 cm³/mol. The molecule has 1 aromatic carbocycles. The quantitative estimate of drug-likeness (QED) is 0.228. The van der Waals surface area contributed by atoms with E-state index >= 15 is 0 Å². The maximum Gasteiger partial charge on any atom is 0.191 e. The SMILES string of the molecule is CCCCOCCOCCNC(=NC)NC(C)c1ccccc1C.I. The van der Waals surface area contributed by atoms with Crippen molar-refractivity contribution in [3.8, 4) is 0 Å². The molecule has 0 amide bonds. The van der Waals surface area contributed by atoms with E-state index < -0.39 is 0 Å². The molecule has 1 atom stereocenters. The summed E-state index contributed by atoms with van der Waals surface area (Å²) in [7, 11) is 1.78. The van der Waals surface area contributed by atoms with Crippen molar-refractivity contribution in [1.82, 2.24) is 10.6 Å². The Balaban J connectivity index is 0.00000576. The lowest BCUT2D eigenvalue weighted by Crippen LogP contribution is -2.40. The maximum atomic E-state index is 5.55. The van der Waals surface area contributed by atoms with E-state index in [1.807, 2.05) is 0 Å². The van der Waals surface area contributed by atoms with Crippen molar-refractivity contribution in [3.63, 3.8) is 0 Å². The molecule has 2 N–H and O–H groups in total. The molecule has 0 saturated heterocycles. The molecule has 1 rings (SSSR count). The third-order valence-electron chi connectivity index (χ3n) is 3.78. The van der Waals surface area contributed by atoms with Crippen LogP contribution < -0.4 is 10.6 Å². The fourth-order valence-corrected chi connectivity index (χ4v) is 2.36. The summed E-state index contributed by atoms with van der Waals surface area (Å²) < 4.78 is 11.0. The average molecular weight is 463 g/mol. The van der Waals surface area contributed by atoms with Gasteiger partial charge in [0.15, 0.2) is 5.96 Å². The molecular formula is C19H34IN3O2. The van der Waals surface area contributed by atoms with Crippen LogP contribution in [0, 0.1) is 6.92 Å². The zero-order chi connectivity index (χ0) is 17.6. The van der Waals surface area contributed by atoms with Gasteiger partial charge in [0, 0.05) is 20.2 Å². The number of nitrogens with one attached hydrogen (secondary N) is 2. The fraction of sp³-hybridized carbons (Fsp3) is 0.632. The van der Waals surface area contributed by atoms with E-state index in [9.17, 15) is 0 Å². The normalized spacial score (nSPS) is 12.4. The zero-order valence-electron chi connectivity index (χ0n) is 16.0. The molecule has 0 bridgehead atoms. The summed E-state index contributed by atoms with van der Waals surface area (Å²) in [6, 6.07) is 8.59. The van der Waals surface area contributed by atoms with Crippen LogP contribution in [0.4, 0.5) is 0 Å². The van der Waals surface area contributed by atoms with Crippen LogP contribution >= 0.6 is 24.0 Å².